The number of thioether (sulfide) groups is 1. The van der Waals surface area contributed by atoms with Crippen LogP contribution in [0.15, 0.2) is 64.5 Å². The molecule has 0 spiro atoms. The molecule has 0 heterocycles. The molecule has 2 aromatic rings. The van der Waals surface area contributed by atoms with Gasteiger partial charge in [-0.25, -0.2) is 0 Å². The average molecular weight is 446 g/mol. The summed E-state index contributed by atoms with van der Waals surface area (Å²) in [6.45, 7) is 9.77. The third-order valence-electron chi connectivity index (χ3n) is 3.84. The zero-order valence-corrected chi connectivity index (χ0v) is 17.5. The van der Waals surface area contributed by atoms with Crippen LogP contribution in [-0.4, -0.2) is 5.92 Å². The SMILES string of the molecule is C=C(Br)C(F)(F)C(Sc1ccc(C(C)(C)C)cc1)c1ccc(Cl)cc1. The van der Waals surface area contributed by atoms with Crippen LogP contribution < -0.4 is 0 Å². The average Bonchev–Trinajstić information content (AvgIpc) is 2.53. The molecule has 0 bridgehead atoms. The molecule has 2 rings (SSSR count). The Balaban J connectivity index is 2.36. The summed E-state index contributed by atoms with van der Waals surface area (Å²) in [5.41, 5.74) is 1.68. The minimum atomic E-state index is -3.11. The highest BCUT2D eigenvalue weighted by Gasteiger charge is 2.43. The van der Waals surface area contributed by atoms with Gasteiger partial charge in [0.25, 0.3) is 5.92 Å². The van der Waals surface area contributed by atoms with E-state index in [1.165, 1.54) is 0 Å². The molecule has 1 atom stereocenters. The third kappa shape index (κ3) is 5.08. The van der Waals surface area contributed by atoms with Gasteiger partial charge < -0.3 is 0 Å². The summed E-state index contributed by atoms with van der Waals surface area (Å²) in [6, 6.07) is 14.3. The highest BCUT2D eigenvalue weighted by molar-refractivity contribution is 9.11. The van der Waals surface area contributed by atoms with Crippen molar-refractivity contribution >= 4 is 39.3 Å². The predicted octanol–water partition coefficient (Wildman–Crippen LogP) is 8.01. The fourth-order valence-electron chi connectivity index (χ4n) is 2.30. The quantitative estimate of drug-likeness (QED) is 0.420. The Labute approximate surface area is 165 Å². The molecule has 134 valence electrons. The van der Waals surface area contributed by atoms with Crippen LogP contribution in [0.3, 0.4) is 0 Å². The second-order valence-electron chi connectivity index (χ2n) is 6.85. The number of rotatable bonds is 5. The van der Waals surface area contributed by atoms with Gasteiger partial charge in [0, 0.05) is 9.92 Å². The van der Waals surface area contributed by atoms with Crippen molar-refractivity contribution in [1.82, 2.24) is 0 Å². The van der Waals surface area contributed by atoms with Crippen molar-refractivity contribution < 1.29 is 8.78 Å². The minimum Gasteiger partial charge on any atom is -0.199 e. The molecule has 0 aliphatic heterocycles. The lowest BCUT2D eigenvalue weighted by atomic mass is 9.87. The van der Waals surface area contributed by atoms with Crippen LogP contribution in [0, 0.1) is 0 Å². The van der Waals surface area contributed by atoms with Gasteiger partial charge >= 0.3 is 0 Å². The van der Waals surface area contributed by atoms with E-state index in [4.69, 9.17) is 11.6 Å². The third-order valence-corrected chi connectivity index (χ3v) is 5.97. The highest BCUT2D eigenvalue weighted by Crippen LogP contribution is 2.50. The van der Waals surface area contributed by atoms with E-state index in [1.54, 1.807) is 24.3 Å². The van der Waals surface area contributed by atoms with Gasteiger partial charge in [0.1, 0.15) is 5.25 Å². The lowest BCUT2D eigenvalue weighted by molar-refractivity contribution is 0.0493. The Morgan fingerprint density at radius 2 is 1.56 bits per heavy atom. The predicted molar refractivity (Wildman–Crippen MR) is 108 cm³/mol. The molecule has 2 aromatic carbocycles. The largest absolute Gasteiger partial charge is 0.294 e. The van der Waals surface area contributed by atoms with Crippen LogP contribution in [0.4, 0.5) is 8.78 Å². The zero-order valence-electron chi connectivity index (χ0n) is 14.3. The number of benzene rings is 2. The Morgan fingerprint density at radius 3 is 2.00 bits per heavy atom. The monoisotopic (exact) mass is 444 g/mol. The first-order valence-corrected chi connectivity index (χ1v) is 9.82. The van der Waals surface area contributed by atoms with Crippen molar-refractivity contribution in [2.45, 2.75) is 42.3 Å². The van der Waals surface area contributed by atoms with Crippen molar-refractivity contribution in [3.8, 4) is 0 Å². The van der Waals surface area contributed by atoms with Crippen molar-refractivity contribution in [2.24, 2.45) is 0 Å². The lowest BCUT2D eigenvalue weighted by Gasteiger charge is -2.27. The molecule has 0 saturated heterocycles. The standard InChI is InChI=1S/C20H20BrClF2S/c1-13(21)20(23,24)18(14-5-9-16(22)10-6-14)25-17-11-7-15(8-12-17)19(2,3)4/h5-12,18H,1H2,2-4H3. The van der Waals surface area contributed by atoms with E-state index >= 15 is 0 Å². The van der Waals surface area contributed by atoms with E-state index in [0.717, 1.165) is 22.2 Å². The second-order valence-corrected chi connectivity index (χ2v) is 9.42. The van der Waals surface area contributed by atoms with Crippen molar-refractivity contribution in [1.29, 1.82) is 0 Å². The fourth-order valence-corrected chi connectivity index (χ4v) is 3.96. The van der Waals surface area contributed by atoms with Gasteiger partial charge in [-0.1, -0.05) is 63.2 Å². The number of hydrogen-bond donors (Lipinski definition) is 0. The van der Waals surface area contributed by atoms with Crippen molar-refractivity contribution in [3.63, 3.8) is 0 Å². The smallest absolute Gasteiger partial charge is 0.199 e. The molecule has 5 heteroatoms. The van der Waals surface area contributed by atoms with Gasteiger partial charge in [0.05, 0.1) is 4.48 Å². The molecule has 1 unspecified atom stereocenters. The number of hydrogen-bond acceptors (Lipinski definition) is 1. The van der Waals surface area contributed by atoms with Crippen molar-refractivity contribution in [2.75, 3.05) is 0 Å². The van der Waals surface area contributed by atoms with E-state index in [1.807, 2.05) is 24.3 Å². The summed E-state index contributed by atoms with van der Waals surface area (Å²) in [4.78, 5) is 0.779. The van der Waals surface area contributed by atoms with Gasteiger partial charge in [0.2, 0.25) is 0 Å². The molecule has 0 aliphatic rings. The van der Waals surface area contributed by atoms with Gasteiger partial charge in [0.15, 0.2) is 0 Å². The summed E-state index contributed by atoms with van der Waals surface area (Å²) in [6.07, 6.45) is 0. The van der Waals surface area contributed by atoms with E-state index in [0.29, 0.717) is 10.6 Å². The number of alkyl halides is 2. The van der Waals surface area contributed by atoms with E-state index in [9.17, 15) is 8.78 Å². The van der Waals surface area contributed by atoms with Crippen LogP contribution in [0.25, 0.3) is 0 Å². The molecule has 0 aliphatic carbocycles. The van der Waals surface area contributed by atoms with Gasteiger partial charge in [-0.15, -0.1) is 11.8 Å². The Hall–Kier alpha value is -0.840. The summed E-state index contributed by atoms with van der Waals surface area (Å²) in [7, 11) is 0. The molecule has 0 saturated carbocycles. The van der Waals surface area contributed by atoms with Crippen LogP contribution in [-0.2, 0) is 5.41 Å². The second kappa shape index (κ2) is 7.81. The first kappa shape index (κ1) is 20.5. The maximum atomic E-state index is 14.8. The van der Waals surface area contributed by atoms with Crippen LogP contribution >= 0.6 is 39.3 Å². The van der Waals surface area contributed by atoms with Gasteiger partial charge in [-0.3, -0.25) is 0 Å². The van der Waals surface area contributed by atoms with E-state index < -0.39 is 11.2 Å². The molecular weight excluding hydrogens is 426 g/mol. The molecule has 0 nitrogen and oxygen atoms in total. The molecule has 25 heavy (non-hydrogen) atoms. The van der Waals surface area contributed by atoms with Crippen LogP contribution in [0.5, 0.6) is 0 Å². The van der Waals surface area contributed by atoms with Crippen LogP contribution in [0.2, 0.25) is 5.02 Å². The molecule has 0 aromatic heterocycles. The molecular formula is C20H20BrClF2S. The van der Waals surface area contributed by atoms with E-state index in [2.05, 4.69) is 43.3 Å². The minimum absolute atomic E-state index is 0.0207. The maximum absolute atomic E-state index is 14.8. The summed E-state index contributed by atoms with van der Waals surface area (Å²) in [5.74, 6) is -3.11. The normalized spacial score (nSPS) is 13.6. The summed E-state index contributed by atoms with van der Waals surface area (Å²) < 4.78 is 29.2. The number of halogens is 4. The number of allylic oxidation sites excluding steroid dienone is 1. The fraction of sp³-hybridized carbons (Fsp3) is 0.300. The van der Waals surface area contributed by atoms with Gasteiger partial charge in [-0.2, -0.15) is 8.78 Å². The highest BCUT2D eigenvalue weighted by atomic mass is 79.9. The summed E-state index contributed by atoms with van der Waals surface area (Å²) >= 11 is 9.89. The Bertz CT molecular complexity index is 734. The van der Waals surface area contributed by atoms with E-state index in [-0.39, 0.29) is 9.90 Å². The molecule has 0 amide bonds. The first-order chi connectivity index (χ1) is 11.5. The molecule has 0 radical (unpaired) electrons. The Morgan fingerprint density at radius 1 is 1.04 bits per heavy atom. The molecule has 0 N–H and O–H groups in total. The van der Waals surface area contributed by atoms with Gasteiger partial charge in [-0.05, 0) is 56.7 Å². The molecule has 0 fully saturated rings. The summed E-state index contributed by atoms with van der Waals surface area (Å²) in [5, 5.41) is -0.583. The first-order valence-electron chi connectivity index (χ1n) is 7.77. The topological polar surface area (TPSA) is 0 Å². The lowest BCUT2D eigenvalue weighted by Crippen LogP contribution is -2.24. The van der Waals surface area contributed by atoms with Crippen LogP contribution in [0.1, 0.15) is 37.1 Å². The maximum Gasteiger partial charge on any atom is 0.294 e. The Kier molecular flexibility index (Phi) is 6.40. The zero-order chi connectivity index (χ0) is 18.8. The van der Waals surface area contributed by atoms with Crippen molar-refractivity contribution in [3.05, 3.63) is 75.7 Å².